The average molecular weight is 256 g/mol. The molecule has 0 amide bonds. The van der Waals surface area contributed by atoms with Crippen LogP contribution in [0.5, 0.6) is 0 Å². The maximum absolute atomic E-state index is 9.18. The minimum Gasteiger partial charge on any atom is -0.314 e. The quantitative estimate of drug-likeness (QED) is 0.599. The molecule has 0 radical (unpaired) electrons. The monoisotopic (exact) mass is 256 g/mol. The lowest BCUT2D eigenvalue weighted by atomic mass is 9.99. The van der Waals surface area contributed by atoms with Gasteiger partial charge >= 0.3 is 11.5 Å². The molecule has 1 fully saturated rings. The Hall–Kier alpha value is -0.660. The highest BCUT2D eigenvalue weighted by Crippen LogP contribution is 2.22. The molecule has 0 spiro atoms. The molecule has 1 aromatic heterocycles. The van der Waals surface area contributed by atoms with Crippen molar-refractivity contribution in [3.63, 3.8) is 0 Å². The number of nitrogens with one attached hydrogen (secondary N) is 2. The highest BCUT2D eigenvalue weighted by Gasteiger charge is 2.24. The molecule has 0 saturated carbocycles. The number of hydrogen-bond donors (Lipinski definition) is 4. The zero-order chi connectivity index (χ0) is 12.3. The van der Waals surface area contributed by atoms with Crippen molar-refractivity contribution < 1.29 is 9.11 Å². The van der Waals surface area contributed by atoms with E-state index in [4.69, 9.17) is 0 Å². The van der Waals surface area contributed by atoms with Crippen LogP contribution in [0.4, 0.5) is 0 Å². The van der Waals surface area contributed by atoms with E-state index in [1.54, 1.807) is 6.20 Å². The van der Waals surface area contributed by atoms with Crippen molar-refractivity contribution in [2.75, 3.05) is 19.6 Å². The first-order valence-electron chi connectivity index (χ1n) is 5.65. The summed E-state index contributed by atoms with van der Waals surface area (Å²) in [6.45, 7) is 4.69. The molecular weight excluding hydrogens is 238 g/mol. The minimum absolute atomic E-state index is 0.203. The van der Waals surface area contributed by atoms with Gasteiger partial charge in [0, 0.05) is 43.6 Å². The summed E-state index contributed by atoms with van der Waals surface area (Å²) in [5.74, 6) is 0.280. The summed E-state index contributed by atoms with van der Waals surface area (Å²) in [5.41, 5.74) is 3.07. The first kappa shape index (κ1) is 12.8. The molecule has 1 aromatic rings. The number of piperazine rings is 1. The van der Waals surface area contributed by atoms with E-state index in [1.807, 2.05) is 13.1 Å². The topological polar surface area (TPSA) is 77.4 Å². The second-order valence-corrected chi connectivity index (χ2v) is 5.19. The van der Waals surface area contributed by atoms with Crippen molar-refractivity contribution in [3.05, 3.63) is 29.1 Å². The van der Waals surface area contributed by atoms with Gasteiger partial charge in [0.05, 0.1) is 0 Å². The fraction of sp³-hybridized carbons (Fsp3) is 0.545. The number of hydrogen-bond acceptors (Lipinski definition) is 5. The Morgan fingerprint density at radius 3 is 2.88 bits per heavy atom. The summed E-state index contributed by atoms with van der Waals surface area (Å²) in [4.78, 5) is 4.20. The van der Waals surface area contributed by atoms with Crippen molar-refractivity contribution in [3.8, 4) is 0 Å². The number of aromatic nitrogens is 1. The molecule has 2 heterocycles. The van der Waals surface area contributed by atoms with Crippen molar-refractivity contribution in [1.82, 2.24) is 15.6 Å². The molecule has 1 atom stereocenters. The minimum atomic E-state index is -1.57. The number of aryl methyl sites for hydroxylation is 1. The van der Waals surface area contributed by atoms with Crippen LogP contribution in [-0.2, 0) is 17.2 Å². The van der Waals surface area contributed by atoms with Gasteiger partial charge in [-0.25, -0.2) is 0 Å². The molecule has 17 heavy (non-hydrogen) atoms. The molecule has 4 N–H and O–H groups in total. The third-order valence-corrected chi connectivity index (χ3v) is 3.54. The van der Waals surface area contributed by atoms with Gasteiger partial charge in [-0.1, -0.05) is 0 Å². The second kappa shape index (κ2) is 5.79. The predicted molar refractivity (Wildman–Crippen MR) is 68.9 cm³/mol. The molecule has 1 aliphatic heterocycles. The van der Waals surface area contributed by atoms with Gasteiger partial charge in [-0.2, -0.15) is 9.11 Å². The predicted octanol–water partition coefficient (Wildman–Crippen LogP) is 0.688. The molecule has 0 aliphatic carbocycles. The number of nitrogens with zero attached hydrogens (tertiary/aromatic N) is 1. The van der Waals surface area contributed by atoms with Gasteiger partial charge in [-0.15, -0.1) is 0 Å². The Kier molecular flexibility index (Phi) is 4.36. The molecule has 1 unspecified atom stereocenters. The Morgan fingerprint density at radius 2 is 2.24 bits per heavy atom. The SMILES string of the molecule is Cc1cncc(C2CNCCN2)c1C[S+](O)O. The Labute approximate surface area is 104 Å². The molecule has 0 bridgehead atoms. The van der Waals surface area contributed by atoms with E-state index in [2.05, 4.69) is 15.6 Å². The molecule has 94 valence electrons. The highest BCUT2D eigenvalue weighted by atomic mass is 32.2. The summed E-state index contributed by atoms with van der Waals surface area (Å²) in [5, 5.41) is 6.73. The van der Waals surface area contributed by atoms with Gasteiger partial charge in [0.1, 0.15) is 0 Å². The third-order valence-electron chi connectivity index (χ3n) is 3.00. The highest BCUT2D eigenvalue weighted by molar-refractivity contribution is 7.85. The summed E-state index contributed by atoms with van der Waals surface area (Å²) < 4.78 is 18.4. The van der Waals surface area contributed by atoms with E-state index >= 15 is 0 Å². The van der Waals surface area contributed by atoms with Gasteiger partial charge in [-0.05, 0) is 18.1 Å². The Bertz CT molecular complexity index is 381. The first-order chi connectivity index (χ1) is 8.18. The largest absolute Gasteiger partial charge is 0.314 e. The number of rotatable bonds is 3. The zero-order valence-electron chi connectivity index (χ0n) is 9.81. The lowest BCUT2D eigenvalue weighted by Gasteiger charge is -2.26. The van der Waals surface area contributed by atoms with E-state index in [0.717, 1.165) is 36.3 Å². The maximum Gasteiger partial charge on any atom is 0.314 e. The van der Waals surface area contributed by atoms with Crippen molar-refractivity contribution >= 4 is 11.5 Å². The van der Waals surface area contributed by atoms with E-state index in [1.165, 1.54) is 0 Å². The van der Waals surface area contributed by atoms with Gasteiger partial charge in [0.15, 0.2) is 0 Å². The smallest absolute Gasteiger partial charge is 0.314 e. The zero-order valence-corrected chi connectivity index (χ0v) is 10.6. The van der Waals surface area contributed by atoms with E-state index in [-0.39, 0.29) is 11.8 Å². The Balaban J connectivity index is 2.27. The fourth-order valence-corrected chi connectivity index (χ4v) is 2.77. The fourth-order valence-electron chi connectivity index (χ4n) is 2.11. The van der Waals surface area contributed by atoms with Gasteiger partial charge in [0.25, 0.3) is 0 Å². The van der Waals surface area contributed by atoms with Gasteiger partial charge in [-0.3, -0.25) is 4.98 Å². The lowest BCUT2D eigenvalue weighted by molar-refractivity contribution is 0.427. The summed E-state index contributed by atoms with van der Waals surface area (Å²) in [6, 6.07) is 0.203. The van der Waals surface area contributed by atoms with Crippen LogP contribution in [0.15, 0.2) is 12.4 Å². The third kappa shape index (κ3) is 3.17. The van der Waals surface area contributed by atoms with Crippen LogP contribution in [0.2, 0.25) is 0 Å². The van der Waals surface area contributed by atoms with E-state index in [0.29, 0.717) is 0 Å². The van der Waals surface area contributed by atoms with Crippen molar-refractivity contribution in [2.24, 2.45) is 0 Å². The molecule has 2 rings (SSSR count). The van der Waals surface area contributed by atoms with Crippen LogP contribution >= 0.6 is 0 Å². The molecule has 5 nitrogen and oxygen atoms in total. The van der Waals surface area contributed by atoms with Crippen LogP contribution in [0, 0.1) is 6.92 Å². The van der Waals surface area contributed by atoms with Crippen LogP contribution in [-0.4, -0.2) is 33.7 Å². The van der Waals surface area contributed by atoms with Crippen LogP contribution < -0.4 is 10.6 Å². The van der Waals surface area contributed by atoms with Gasteiger partial charge < -0.3 is 10.6 Å². The first-order valence-corrected chi connectivity index (χ1v) is 6.96. The Morgan fingerprint density at radius 1 is 1.41 bits per heavy atom. The van der Waals surface area contributed by atoms with E-state index < -0.39 is 11.5 Å². The standard InChI is InChI=1S/C11H18N3O2S/c1-8-4-13-5-9(10(8)7-17(15)16)11-6-12-2-3-14-11/h4-5,11-12,14-16H,2-3,6-7H2,1H3/q+1. The summed E-state index contributed by atoms with van der Waals surface area (Å²) in [7, 11) is 0. The van der Waals surface area contributed by atoms with Crippen LogP contribution in [0.1, 0.15) is 22.7 Å². The molecule has 1 saturated heterocycles. The van der Waals surface area contributed by atoms with Crippen molar-refractivity contribution in [2.45, 2.75) is 18.7 Å². The normalized spacial score (nSPS) is 20.8. The van der Waals surface area contributed by atoms with Crippen molar-refractivity contribution in [1.29, 1.82) is 0 Å². The van der Waals surface area contributed by atoms with Crippen LogP contribution in [0.25, 0.3) is 0 Å². The van der Waals surface area contributed by atoms with E-state index in [9.17, 15) is 9.11 Å². The molecular formula is C11H18N3O2S+. The average Bonchev–Trinajstić information content (AvgIpc) is 2.32. The lowest BCUT2D eigenvalue weighted by Crippen LogP contribution is -2.43. The summed E-state index contributed by atoms with van der Waals surface area (Å²) >= 11 is -1.57. The summed E-state index contributed by atoms with van der Waals surface area (Å²) in [6.07, 6.45) is 3.59. The maximum atomic E-state index is 9.18. The second-order valence-electron chi connectivity index (χ2n) is 4.22. The number of pyridine rings is 1. The van der Waals surface area contributed by atoms with Gasteiger partial charge in [0.2, 0.25) is 5.75 Å². The molecule has 1 aliphatic rings. The molecule has 6 heteroatoms. The molecule has 0 aromatic carbocycles. The van der Waals surface area contributed by atoms with Crippen LogP contribution in [0.3, 0.4) is 0 Å².